The minimum absolute atomic E-state index is 0.0506. The van der Waals surface area contributed by atoms with E-state index in [9.17, 15) is 9.90 Å². The largest absolute Gasteiger partial charge is 0.393 e. The van der Waals surface area contributed by atoms with Gasteiger partial charge in [0.15, 0.2) is 0 Å². The van der Waals surface area contributed by atoms with Gasteiger partial charge in [-0.05, 0) is 79.8 Å². The Bertz CT molecular complexity index is 1020. The number of aliphatic hydroxyl groups excluding tert-OH is 1. The Hall–Kier alpha value is -1.81. The zero-order valence-corrected chi connectivity index (χ0v) is 21.6. The highest BCUT2D eigenvalue weighted by molar-refractivity contribution is 6.30. The van der Waals surface area contributed by atoms with Crippen LogP contribution in [0.4, 0.5) is 0 Å². The molecular weight excluding hydrogens is 465 g/mol. The highest BCUT2D eigenvalue weighted by Gasteiger charge is 2.51. The van der Waals surface area contributed by atoms with Crippen LogP contribution in [0, 0.1) is 11.3 Å². The summed E-state index contributed by atoms with van der Waals surface area (Å²) in [6.07, 6.45) is 6.32. The number of carbonyl (C=O) groups is 1. The van der Waals surface area contributed by atoms with E-state index in [4.69, 9.17) is 23.2 Å². The van der Waals surface area contributed by atoms with Gasteiger partial charge in [-0.25, -0.2) is 0 Å². The first-order valence-corrected chi connectivity index (χ1v) is 13.2. The van der Waals surface area contributed by atoms with Crippen LogP contribution in [-0.4, -0.2) is 28.1 Å². The number of carbonyl (C=O) groups excluding carboxylic acids is 1. The topological polar surface area (TPSA) is 40.5 Å². The number of likely N-dealkylation sites (tertiary alicyclic amines) is 1. The fraction of sp³-hybridized carbons (Fsp3) is 0.483. The van der Waals surface area contributed by atoms with E-state index in [1.807, 2.05) is 48.5 Å². The number of allylic oxidation sites excluding steroid dienone is 1. The van der Waals surface area contributed by atoms with Gasteiger partial charge in [-0.1, -0.05) is 67.4 Å². The van der Waals surface area contributed by atoms with Crippen molar-refractivity contribution in [2.24, 2.45) is 11.3 Å². The van der Waals surface area contributed by atoms with Gasteiger partial charge in [-0.2, -0.15) is 0 Å². The maximum absolute atomic E-state index is 14.2. The van der Waals surface area contributed by atoms with E-state index in [0.29, 0.717) is 35.2 Å². The number of rotatable bonds is 9. The monoisotopic (exact) mass is 499 g/mol. The highest BCUT2D eigenvalue weighted by Crippen LogP contribution is 2.53. The van der Waals surface area contributed by atoms with Gasteiger partial charge in [0, 0.05) is 22.0 Å². The van der Waals surface area contributed by atoms with Gasteiger partial charge >= 0.3 is 0 Å². The molecule has 34 heavy (non-hydrogen) atoms. The molecule has 1 saturated heterocycles. The van der Waals surface area contributed by atoms with Crippen molar-refractivity contribution >= 4 is 29.1 Å². The molecule has 2 unspecified atom stereocenters. The molecule has 4 rings (SSSR count). The Morgan fingerprint density at radius 3 is 2.44 bits per heavy atom. The van der Waals surface area contributed by atoms with E-state index >= 15 is 0 Å². The second-order valence-corrected chi connectivity index (χ2v) is 11.2. The Kier molecular flexibility index (Phi) is 7.76. The van der Waals surface area contributed by atoms with Crippen LogP contribution in [0.15, 0.2) is 61.2 Å². The van der Waals surface area contributed by atoms with Crippen molar-refractivity contribution in [3.05, 3.63) is 82.4 Å². The molecule has 1 heterocycles. The van der Waals surface area contributed by atoms with E-state index < -0.39 is 5.41 Å². The lowest BCUT2D eigenvalue weighted by molar-refractivity contribution is -0.155. The lowest BCUT2D eigenvalue weighted by atomic mass is 9.67. The summed E-state index contributed by atoms with van der Waals surface area (Å²) in [7, 11) is 0. The molecule has 0 spiro atoms. The van der Waals surface area contributed by atoms with Crippen LogP contribution < -0.4 is 0 Å². The van der Waals surface area contributed by atoms with Crippen LogP contribution in [0.5, 0.6) is 0 Å². The van der Waals surface area contributed by atoms with Crippen LogP contribution in [0.25, 0.3) is 0 Å². The fourth-order valence-electron chi connectivity index (χ4n) is 5.72. The summed E-state index contributed by atoms with van der Waals surface area (Å²) < 4.78 is 0. The Balaban J connectivity index is 1.85. The first-order chi connectivity index (χ1) is 16.3. The fourth-order valence-corrected chi connectivity index (χ4v) is 6.04. The van der Waals surface area contributed by atoms with Crippen molar-refractivity contribution in [2.75, 3.05) is 0 Å². The van der Waals surface area contributed by atoms with Crippen molar-refractivity contribution < 1.29 is 9.90 Å². The zero-order valence-electron chi connectivity index (χ0n) is 20.1. The summed E-state index contributed by atoms with van der Waals surface area (Å²) in [5.41, 5.74) is 1.61. The molecule has 0 radical (unpaired) electrons. The third kappa shape index (κ3) is 5.22. The molecule has 1 aliphatic heterocycles. The van der Waals surface area contributed by atoms with Gasteiger partial charge in [0.1, 0.15) is 0 Å². The normalized spacial score (nSPS) is 26.9. The van der Waals surface area contributed by atoms with Crippen LogP contribution in [-0.2, 0) is 4.79 Å². The molecule has 1 aliphatic carbocycles. The summed E-state index contributed by atoms with van der Waals surface area (Å²) >= 11 is 12.7. The number of hydrogen-bond acceptors (Lipinski definition) is 2. The Labute approximate surface area is 213 Å². The van der Waals surface area contributed by atoms with E-state index in [-0.39, 0.29) is 30.0 Å². The first kappa shape index (κ1) is 25.3. The van der Waals surface area contributed by atoms with Crippen LogP contribution in [0.2, 0.25) is 10.0 Å². The Morgan fingerprint density at radius 2 is 1.85 bits per heavy atom. The number of piperidine rings is 1. The van der Waals surface area contributed by atoms with Crippen molar-refractivity contribution in [2.45, 2.75) is 76.5 Å². The van der Waals surface area contributed by atoms with Crippen molar-refractivity contribution in [1.82, 2.24) is 4.90 Å². The lowest BCUT2D eigenvalue weighted by Gasteiger charge is -2.52. The molecule has 2 aromatic carbocycles. The smallest absolute Gasteiger partial charge is 0.229 e. The van der Waals surface area contributed by atoms with Gasteiger partial charge in [-0.15, -0.1) is 6.58 Å². The standard InChI is InChI=1S/C29H35Cl2NO2/c1-4-15-29(3)18-25(21-7-6-8-23(31)16-21)27(20-11-13-22(30)14-12-20)32(28(29)34)24(5-2)17-26(33)19-9-10-19/h4,6-8,11-14,16,19,24-27,33H,1,5,9-10,15,17-18H2,2-3H3/t24?,25-,26?,27-,29+/m1/s1. The average molecular weight is 501 g/mol. The van der Waals surface area contributed by atoms with E-state index in [0.717, 1.165) is 30.4 Å². The molecule has 2 aromatic rings. The van der Waals surface area contributed by atoms with Gasteiger partial charge in [0.05, 0.1) is 17.6 Å². The predicted octanol–water partition coefficient (Wildman–Crippen LogP) is 7.57. The third-order valence-electron chi connectivity index (χ3n) is 7.73. The lowest BCUT2D eigenvalue weighted by Crippen LogP contribution is -2.56. The van der Waals surface area contributed by atoms with E-state index in [1.54, 1.807) is 0 Å². The van der Waals surface area contributed by atoms with E-state index in [2.05, 4.69) is 31.4 Å². The molecule has 1 N–H and O–H groups in total. The highest BCUT2D eigenvalue weighted by atomic mass is 35.5. The minimum Gasteiger partial charge on any atom is -0.393 e. The SMILES string of the molecule is C=CC[C@@]1(C)C[C@H](c2cccc(Cl)c2)[C@@H](c2ccc(Cl)cc2)N(C(CC)CC(O)C2CC2)C1=O. The third-order valence-corrected chi connectivity index (χ3v) is 8.22. The molecule has 0 bridgehead atoms. The minimum atomic E-state index is -0.574. The van der Waals surface area contributed by atoms with Gasteiger partial charge in [-0.3, -0.25) is 4.79 Å². The van der Waals surface area contributed by atoms with Gasteiger partial charge in [0.2, 0.25) is 5.91 Å². The average Bonchev–Trinajstić information content (AvgIpc) is 3.66. The second kappa shape index (κ2) is 10.4. The maximum Gasteiger partial charge on any atom is 0.229 e. The predicted molar refractivity (Wildman–Crippen MR) is 140 cm³/mol. The number of amides is 1. The Morgan fingerprint density at radius 1 is 1.15 bits per heavy atom. The number of benzene rings is 2. The van der Waals surface area contributed by atoms with Gasteiger partial charge in [0.25, 0.3) is 0 Å². The molecule has 5 atom stereocenters. The molecule has 182 valence electrons. The molecular formula is C29H35Cl2NO2. The van der Waals surface area contributed by atoms with Crippen molar-refractivity contribution in [3.63, 3.8) is 0 Å². The second-order valence-electron chi connectivity index (χ2n) is 10.3. The maximum atomic E-state index is 14.2. The molecule has 3 nitrogen and oxygen atoms in total. The molecule has 1 amide bonds. The molecule has 2 fully saturated rings. The summed E-state index contributed by atoms with van der Waals surface area (Å²) in [4.78, 5) is 16.3. The molecule has 0 aromatic heterocycles. The van der Waals surface area contributed by atoms with Crippen molar-refractivity contribution in [3.8, 4) is 0 Å². The van der Waals surface area contributed by atoms with E-state index in [1.165, 1.54) is 0 Å². The van der Waals surface area contributed by atoms with Gasteiger partial charge < -0.3 is 10.0 Å². The number of halogens is 2. The molecule has 5 heteroatoms. The summed E-state index contributed by atoms with van der Waals surface area (Å²) in [5, 5.41) is 12.2. The van der Waals surface area contributed by atoms with Crippen molar-refractivity contribution in [1.29, 1.82) is 0 Å². The van der Waals surface area contributed by atoms with Crippen LogP contribution in [0.1, 0.15) is 75.5 Å². The molecule has 1 saturated carbocycles. The quantitative estimate of drug-likeness (QED) is 0.361. The number of aliphatic hydroxyl groups is 1. The van der Waals surface area contributed by atoms with Crippen LogP contribution >= 0.6 is 23.2 Å². The summed E-state index contributed by atoms with van der Waals surface area (Å²) in [6, 6.07) is 15.6. The van der Waals surface area contributed by atoms with Crippen LogP contribution in [0.3, 0.4) is 0 Å². The number of hydrogen-bond donors (Lipinski definition) is 1. The first-order valence-electron chi connectivity index (χ1n) is 12.4. The summed E-state index contributed by atoms with van der Waals surface area (Å²) in [5.74, 6) is 0.557. The molecule has 2 aliphatic rings. The number of nitrogens with zero attached hydrogens (tertiary/aromatic N) is 1. The summed E-state index contributed by atoms with van der Waals surface area (Å²) in [6.45, 7) is 8.13. The zero-order chi connectivity index (χ0) is 24.5.